The van der Waals surface area contributed by atoms with E-state index in [1.54, 1.807) is 31.4 Å². The third kappa shape index (κ3) is 2.39. The Labute approximate surface area is 128 Å². The van der Waals surface area contributed by atoms with Crippen LogP contribution in [0.2, 0.25) is 0 Å². The summed E-state index contributed by atoms with van der Waals surface area (Å²) in [4.78, 5) is 16.2. The molecule has 3 aromatic rings. The minimum atomic E-state index is -0.978. The van der Waals surface area contributed by atoms with Crippen LogP contribution in [0.15, 0.2) is 48.5 Å². The number of para-hydroxylation sites is 1. The molecule has 0 aliphatic rings. The van der Waals surface area contributed by atoms with Crippen LogP contribution in [0, 0.1) is 6.92 Å². The van der Waals surface area contributed by atoms with Crippen LogP contribution in [0.1, 0.15) is 15.9 Å². The molecule has 1 aromatic heterocycles. The smallest absolute Gasteiger partial charge is 0.336 e. The summed E-state index contributed by atoms with van der Waals surface area (Å²) in [5, 5.41) is 10.1. The van der Waals surface area contributed by atoms with Gasteiger partial charge in [-0.25, -0.2) is 9.78 Å². The van der Waals surface area contributed by atoms with E-state index in [9.17, 15) is 9.90 Å². The molecule has 3 rings (SSSR count). The normalized spacial score (nSPS) is 10.6. The van der Waals surface area contributed by atoms with Crippen molar-refractivity contribution in [1.82, 2.24) is 4.98 Å². The van der Waals surface area contributed by atoms with Gasteiger partial charge in [0.25, 0.3) is 0 Å². The van der Waals surface area contributed by atoms with E-state index in [1.165, 1.54) is 0 Å². The molecule has 0 aliphatic heterocycles. The summed E-state index contributed by atoms with van der Waals surface area (Å²) in [6, 6.07) is 14.7. The van der Waals surface area contributed by atoms with Gasteiger partial charge in [-0.1, -0.05) is 42.0 Å². The molecule has 0 saturated heterocycles. The summed E-state index contributed by atoms with van der Waals surface area (Å²) in [6.45, 7) is 2.00. The van der Waals surface area contributed by atoms with Crippen molar-refractivity contribution in [2.75, 3.05) is 7.11 Å². The fourth-order valence-corrected chi connectivity index (χ4v) is 2.44. The van der Waals surface area contributed by atoms with Crippen LogP contribution in [-0.2, 0) is 0 Å². The molecule has 0 aliphatic carbocycles. The number of hydrogen-bond acceptors (Lipinski definition) is 3. The molecular weight excluding hydrogens is 278 g/mol. The highest BCUT2D eigenvalue weighted by atomic mass is 16.5. The topological polar surface area (TPSA) is 59.4 Å². The average Bonchev–Trinajstić information content (AvgIpc) is 2.53. The van der Waals surface area contributed by atoms with Crippen molar-refractivity contribution in [1.29, 1.82) is 0 Å². The van der Waals surface area contributed by atoms with Gasteiger partial charge < -0.3 is 9.84 Å². The van der Waals surface area contributed by atoms with Gasteiger partial charge in [0.15, 0.2) is 0 Å². The predicted octanol–water partition coefficient (Wildman–Crippen LogP) is 3.92. The van der Waals surface area contributed by atoms with Crippen LogP contribution >= 0.6 is 0 Å². The first-order valence-corrected chi connectivity index (χ1v) is 6.88. The van der Waals surface area contributed by atoms with Crippen LogP contribution in [0.4, 0.5) is 0 Å². The molecule has 4 heteroatoms. The van der Waals surface area contributed by atoms with Gasteiger partial charge in [-0.05, 0) is 19.1 Å². The summed E-state index contributed by atoms with van der Waals surface area (Å²) in [5.74, 6) is -0.414. The van der Waals surface area contributed by atoms with Crippen molar-refractivity contribution in [3.63, 3.8) is 0 Å². The maximum atomic E-state index is 11.6. The first kappa shape index (κ1) is 14.1. The first-order valence-electron chi connectivity index (χ1n) is 6.88. The van der Waals surface area contributed by atoms with Crippen LogP contribution in [0.5, 0.6) is 5.75 Å². The number of aryl methyl sites for hydroxylation is 1. The number of rotatable bonds is 3. The largest absolute Gasteiger partial charge is 0.494 e. The van der Waals surface area contributed by atoms with Crippen LogP contribution in [-0.4, -0.2) is 23.2 Å². The van der Waals surface area contributed by atoms with E-state index in [2.05, 4.69) is 4.98 Å². The van der Waals surface area contributed by atoms with E-state index in [0.717, 1.165) is 11.1 Å². The molecule has 1 N–H and O–H groups in total. The summed E-state index contributed by atoms with van der Waals surface area (Å²) in [6.07, 6.45) is 0. The lowest BCUT2D eigenvalue weighted by atomic mass is 10.0. The predicted molar refractivity (Wildman–Crippen MR) is 85.4 cm³/mol. The highest BCUT2D eigenvalue weighted by Crippen LogP contribution is 2.30. The Morgan fingerprint density at radius 2 is 1.86 bits per heavy atom. The monoisotopic (exact) mass is 293 g/mol. The van der Waals surface area contributed by atoms with E-state index in [1.807, 2.05) is 31.2 Å². The lowest BCUT2D eigenvalue weighted by Crippen LogP contribution is -2.01. The van der Waals surface area contributed by atoms with Crippen molar-refractivity contribution >= 4 is 16.9 Å². The molecule has 0 amide bonds. The minimum Gasteiger partial charge on any atom is -0.494 e. The molecule has 0 unspecified atom stereocenters. The molecule has 0 fully saturated rings. The number of pyridine rings is 1. The number of benzene rings is 2. The molecule has 2 aromatic carbocycles. The Bertz CT molecular complexity index is 854. The van der Waals surface area contributed by atoms with Crippen molar-refractivity contribution in [2.24, 2.45) is 0 Å². The van der Waals surface area contributed by atoms with Gasteiger partial charge in [-0.2, -0.15) is 0 Å². The molecule has 0 spiro atoms. The summed E-state index contributed by atoms with van der Waals surface area (Å²) in [7, 11) is 1.55. The third-order valence-corrected chi connectivity index (χ3v) is 3.60. The molecule has 0 bridgehead atoms. The highest BCUT2D eigenvalue weighted by Gasteiger charge is 2.15. The van der Waals surface area contributed by atoms with Gasteiger partial charge in [0.1, 0.15) is 11.3 Å². The van der Waals surface area contributed by atoms with Gasteiger partial charge in [-0.15, -0.1) is 0 Å². The summed E-state index contributed by atoms with van der Waals surface area (Å²) < 4.78 is 5.32. The standard InChI is InChI=1S/C18H15NO3/c1-11-6-8-12(9-7-11)15-10-14(18(20)21)13-4-3-5-16(22-2)17(13)19-15/h3-10H,1-2H3,(H,20,21). The first-order chi connectivity index (χ1) is 10.6. The number of fused-ring (bicyclic) bond motifs is 1. The number of methoxy groups -OCH3 is 1. The summed E-state index contributed by atoms with van der Waals surface area (Å²) in [5.41, 5.74) is 3.41. The van der Waals surface area contributed by atoms with Gasteiger partial charge >= 0.3 is 5.97 Å². The molecule has 0 saturated carbocycles. The van der Waals surface area contributed by atoms with E-state index in [4.69, 9.17) is 4.74 Å². The van der Waals surface area contributed by atoms with Crippen LogP contribution in [0.25, 0.3) is 22.2 Å². The molecule has 110 valence electrons. The minimum absolute atomic E-state index is 0.222. The molecule has 0 atom stereocenters. The second kappa shape index (κ2) is 5.48. The fourth-order valence-electron chi connectivity index (χ4n) is 2.44. The van der Waals surface area contributed by atoms with Crippen LogP contribution < -0.4 is 4.74 Å². The number of carboxylic acids is 1. The summed E-state index contributed by atoms with van der Waals surface area (Å²) >= 11 is 0. The SMILES string of the molecule is COc1cccc2c(C(=O)O)cc(-c3ccc(C)cc3)nc12. The Kier molecular flexibility index (Phi) is 3.51. The molecule has 22 heavy (non-hydrogen) atoms. The second-order valence-electron chi connectivity index (χ2n) is 5.08. The van der Waals surface area contributed by atoms with Gasteiger partial charge in [-0.3, -0.25) is 0 Å². The number of hydrogen-bond donors (Lipinski definition) is 1. The van der Waals surface area contributed by atoms with Crippen molar-refractivity contribution in [3.05, 3.63) is 59.7 Å². The Balaban J connectivity index is 2.32. The van der Waals surface area contributed by atoms with Gasteiger partial charge in [0.2, 0.25) is 0 Å². The van der Waals surface area contributed by atoms with E-state index in [0.29, 0.717) is 22.3 Å². The molecule has 4 nitrogen and oxygen atoms in total. The molecule has 1 heterocycles. The Hall–Kier alpha value is -2.88. The molecule has 0 radical (unpaired) electrons. The maximum Gasteiger partial charge on any atom is 0.336 e. The van der Waals surface area contributed by atoms with Crippen molar-refractivity contribution < 1.29 is 14.6 Å². The van der Waals surface area contributed by atoms with Gasteiger partial charge in [0.05, 0.1) is 18.4 Å². The third-order valence-electron chi connectivity index (χ3n) is 3.60. The maximum absolute atomic E-state index is 11.6. The number of carbonyl (C=O) groups is 1. The Morgan fingerprint density at radius 1 is 1.14 bits per heavy atom. The lowest BCUT2D eigenvalue weighted by Gasteiger charge is -2.10. The zero-order valence-corrected chi connectivity index (χ0v) is 12.3. The zero-order chi connectivity index (χ0) is 15.7. The average molecular weight is 293 g/mol. The Morgan fingerprint density at radius 3 is 2.50 bits per heavy atom. The number of aromatic carboxylic acids is 1. The number of carboxylic acid groups (broad SMARTS) is 1. The second-order valence-corrected chi connectivity index (χ2v) is 5.08. The van der Waals surface area contributed by atoms with E-state index < -0.39 is 5.97 Å². The van der Waals surface area contributed by atoms with Gasteiger partial charge in [0, 0.05) is 10.9 Å². The number of aromatic nitrogens is 1. The van der Waals surface area contributed by atoms with E-state index in [-0.39, 0.29) is 5.56 Å². The van der Waals surface area contributed by atoms with E-state index >= 15 is 0 Å². The quantitative estimate of drug-likeness (QED) is 0.795. The highest BCUT2D eigenvalue weighted by molar-refractivity contribution is 6.05. The molecular formula is C18H15NO3. The fraction of sp³-hybridized carbons (Fsp3) is 0.111. The van der Waals surface area contributed by atoms with Crippen molar-refractivity contribution in [3.8, 4) is 17.0 Å². The lowest BCUT2D eigenvalue weighted by molar-refractivity contribution is 0.0699. The number of ether oxygens (including phenoxy) is 1. The van der Waals surface area contributed by atoms with Crippen LogP contribution in [0.3, 0.4) is 0 Å². The number of nitrogens with zero attached hydrogens (tertiary/aromatic N) is 1. The van der Waals surface area contributed by atoms with Crippen molar-refractivity contribution in [2.45, 2.75) is 6.92 Å². The zero-order valence-electron chi connectivity index (χ0n) is 12.3.